The Hall–Kier alpha value is -2.30. The molecule has 0 saturated carbocycles. The molecule has 1 aromatic carbocycles. The van der Waals surface area contributed by atoms with Crippen LogP contribution in [0.2, 0.25) is 0 Å². The number of aryl methyl sites for hydroxylation is 4. The Morgan fingerprint density at radius 2 is 2.00 bits per heavy atom. The molecule has 0 atom stereocenters. The lowest BCUT2D eigenvalue weighted by Gasteiger charge is -2.26. The molecule has 0 unspecified atom stereocenters. The van der Waals surface area contributed by atoms with Gasteiger partial charge in [0.15, 0.2) is 0 Å². The third-order valence-corrected chi connectivity index (χ3v) is 3.83. The lowest BCUT2D eigenvalue weighted by Crippen LogP contribution is -2.27. The molecule has 0 aliphatic carbocycles. The van der Waals surface area contributed by atoms with E-state index in [-0.39, 0.29) is 6.42 Å². The maximum absolute atomic E-state index is 11.0. The average Bonchev–Trinajstić information content (AvgIpc) is 2.77. The molecule has 2 rings (SSSR count). The van der Waals surface area contributed by atoms with Gasteiger partial charge in [0.1, 0.15) is 5.76 Å². The van der Waals surface area contributed by atoms with Gasteiger partial charge in [-0.25, -0.2) is 0 Å². The second kappa shape index (κ2) is 6.64. The number of aromatic nitrogens is 1. The van der Waals surface area contributed by atoms with E-state index in [1.54, 1.807) is 0 Å². The van der Waals surface area contributed by atoms with Crippen molar-refractivity contribution in [1.82, 2.24) is 5.16 Å². The van der Waals surface area contributed by atoms with E-state index in [2.05, 4.69) is 28.3 Å². The van der Waals surface area contributed by atoms with E-state index < -0.39 is 5.97 Å². The topological polar surface area (TPSA) is 66.6 Å². The second-order valence-corrected chi connectivity index (χ2v) is 5.66. The predicted octanol–water partition coefficient (Wildman–Crippen LogP) is 3.39. The van der Waals surface area contributed by atoms with Crippen LogP contribution in [0, 0.1) is 27.7 Å². The fourth-order valence-corrected chi connectivity index (χ4v) is 2.49. The monoisotopic (exact) mass is 302 g/mol. The third kappa shape index (κ3) is 3.67. The number of anilines is 1. The molecule has 0 aliphatic rings. The number of carbonyl (C=O) groups is 1. The van der Waals surface area contributed by atoms with Crippen molar-refractivity contribution in [3.05, 3.63) is 46.3 Å². The molecule has 1 aromatic heterocycles. The first-order valence-electron chi connectivity index (χ1n) is 7.34. The highest BCUT2D eigenvalue weighted by Gasteiger charge is 2.17. The first-order valence-corrected chi connectivity index (χ1v) is 7.34. The van der Waals surface area contributed by atoms with Gasteiger partial charge in [0.25, 0.3) is 0 Å². The van der Waals surface area contributed by atoms with Crippen molar-refractivity contribution in [1.29, 1.82) is 0 Å². The molecule has 0 radical (unpaired) electrons. The highest BCUT2D eigenvalue weighted by molar-refractivity contribution is 5.68. The molecule has 2 aromatic rings. The zero-order valence-electron chi connectivity index (χ0n) is 13.5. The van der Waals surface area contributed by atoms with Crippen LogP contribution in [-0.4, -0.2) is 22.8 Å². The number of aliphatic carboxylic acids is 1. The maximum Gasteiger partial charge on any atom is 0.305 e. The molecule has 118 valence electrons. The minimum Gasteiger partial charge on any atom is -0.481 e. The van der Waals surface area contributed by atoms with E-state index in [1.165, 1.54) is 0 Å². The molecule has 22 heavy (non-hydrogen) atoms. The van der Waals surface area contributed by atoms with Gasteiger partial charge in [-0.2, -0.15) is 0 Å². The highest BCUT2D eigenvalue weighted by Crippen LogP contribution is 2.25. The van der Waals surface area contributed by atoms with E-state index >= 15 is 0 Å². The molecule has 0 aliphatic heterocycles. The third-order valence-electron chi connectivity index (χ3n) is 3.83. The Bertz CT molecular complexity index is 657. The van der Waals surface area contributed by atoms with Crippen LogP contribution in [0.15, 0.2) is 22.7 Å². The number of carboxylic acid groups (broad SMARTS) is 1. The van der Waals surface area contributed by atoms with E-state index in [1.807, 2.05) is 27.7 Å². The SMILES string of the molecule is Cc1ccc(C)c(N(CCC(=O)O)Cc2c(C)noc2C)c1. The number of benzene rings is 1. The van der Waals surface area contributed by atoms with Crippen LogP contribution in [0.3, 0.4) is 0 Å². The lowest BCUT2D eigenvalue weighted by molar-refractivity contribution is -0.136. The predicted molar refractivity (Wildman–Crippen MR) is 85.2 cm³/mol. The van der Waals surface area contributed by atoms with E-state index in [0.717, 1.165) is 33.8 Å². The van der Waals surface area contributed by atoms with E-state index in [0.29, 0.717) is 13.1 Å². The maximum atomic E-state index is 11.0. The molecular weight excluding hydrogens is 280 g/mol. The fraction of sp³-hybridized carbons (Fsp3) is 0.412. The molecule has 0 bridgehead atoms. The summed E-state index contributed by atoms with van der Waals surface area (Å²) in [6.07, 6.45) is 0.0940. The normalized spacial score (nSPS) is 10.7. The lowest BCUT2D eigenvalue weighted by atomic mass is 10.1. The van der Waals surface area contributed by atoms with Crippen molar-refractivity contribution in [2.75, 3.05) is 11.4 Å². The number of rotatable bonds is 6. The average molecular weight is 302 g/mol. The summed E-state index contributed by atoms with van der Waals surface area (Å²) in [6.45, 7) is 8.91. The van der Waals surface area contributed by atoms with Crippen LogP contribution >= 0.6 is 0 Å². The van der Waals surface area contributed by atoms with Gasteiger partial charge in [-0.15, -0.1) is 0 Å². The molecule has 5 heteroatoms. The standard InChI is InChI=1S/C17H22N2O3/c1-11-5-6-12(2)16(9-11)19(8-7-17(20)21)10-15-13(3)18-22-14(15)4/h5-6,9H,7-8,10H2,1-4H3,(H,20,21). The first-order chi connectivity index (χ1) is 10.4. The van der Waals surface area contributed by atoms with Gasteiger partial charge in [-0.3, -0.25) is 4.79 Å². The van der Waals surface area contributed by atoms with Gasteiger partial charge in [0.05, 0.1) is 12.1 Å². The Morgan fingerprint density at radius 1 is 1.27 bits per heavy atom. The summed E-state index contributed by atoms with van der Waals surface area (Å²) < 4.78 is 5.22. The van der Waals surface area contributed by atoms with Gasteiger partial charge in [0, 0.05) is 24.3 Å². The fourth-order valence-electron chi connectivity index (χ4n) is 2.49. The molecule has 5 nitrogen and oxygen atoms in total. The van der Waals surface area contributed by atoms with Gasteiger partial charge < -0.3 is 14.5 Å². The quantitative estimate of drug-likeness (QED) is 0.886. The molecule has 1 N–H and O–H groups in total. The number of hydrogen-bond donors (Lipinski definition) is 1. The van der Waals surface area contributed by atoms with Crippen LogP contribution in [0.5, 0.6) is 0 Å². The first kappa shape index (κ1) is 16.1. The second-order valence-electron chi connectivity index (χ2n) is 5.66. The van der Waals surface area contributed by atoms with E-state index in [4.69, 9.17) is 9.63 Å². The van der Waals surface area contributed by atoms with Crippen molar-refractivity contribution in [2.45, 2.75) is 40.7 Å². The van der Waals surface area contributed by atoms with Crippen LogP contribution < -0.4 is 4.90 Å². The molecule has 1 heterocycles. The van der Waals surface area contributed by atoms with Crippen molar-refractivity contribution in [3.8, 4) is 0 Å². The molecule has 0 fully saturated rings. The largest absolute Gasteiger partial charge is 0.481 e. The summed E-state index contributed by atoms with van der Waals surface area (Å²) in [6, 6.07) is 6.21. The van der Waals surface area contributed by atoms with Crippen molar-refractivity contribution in [2.24, 2.45) is 0 Å². The van der Waals surface area contributed by atoms with Gasteiger partial charge >= 0.3 is 5.97 Å². The van der Waals surface area contributed by atoms with E-state index in [9.17, 15) is 4.79 Å². The zero-order chi connectivity index (χ0) is 16.3. The van der Waals surface area contributed by atoms with Crippen molar-refractivity contribution >= 4 is 11.7 Å². The summed E-state index contributed by atoms with van der Waals surface area (Å²) in [5.41, 5.74) is 5.21. The Morgan fingerprint density at radius 3 is 2.59 bits per heavy atom. The summed E-state index contributed by atoms with van der Waals surface area (Å²) in [4.78, 5) is 13.1. The number of nitrogens with zero attached hydrogens (tertiary/aromatic N) is 2. The summed E-state index contributed by atoms with van der Waals surface area (Å²) in [5.74, 6) is -0.0165. The van der Waals surface area contributed by atoms with Gasteiger partial charge in [-0.05, 0) is 44.9 Å². The van der Waals surface area contributed by atoms with Gasteiger partial charge in [0.2, 0.25) is 0 Å². The minimum absolute atomic E-state index is 0.0940. The van der Waals surface area contributed by atoms with Crippen LogP contribution in [0.1, 0.15) is 34.6 Å². The molecular formula is C17H22N2O3. The summed E-state index contributed by atoms with van der Waals surface area (Å²) >= 11 is 0. The highest BCUT2D eigenvalue weighted by atomic mass is 16.5. The molecule has 0 amide bonds. The molecule has 0 spiro atoms. The van der Waals surface area contributed by atoms with Crippen molar-refractivity contribution in [3.63, 3.8) is 0 Å². The summed E-state index contributed by atoms with van der Waals surface area (Å²) in [7, 11) is 0. The van der Waals surface area contributed by atoms with Crippen molar-refractivity contribution < 1.29 is 14.4 Å². The zero-order valence-corrected chi connectivity index (χ0v) is 13.5. The number of hydrogen-bond acceptors (Lipinski definition) is 4. The van der Waals surface area contributed by atoms with Crippen LogP contribution in [0.25, 0.3) is 0 Å². The summed E-state index contributed by atoms with van der Waals surface area (Å²) in [5, 5.41) is 13.0. The van der Waals surface area contributed by atoms with Gasteiger partial charge in [-0.1, -0.05) is 17.3 Å². The Balaban J connectivity index is 2.34. The molecule has 0 saturated heterocycles. The smallest absolute Gasteiger partial charge is 0.305 e. The Kier molecular flexibility index (Phi) is 4.85. The number of carboxylic acids is 1. The Labute approximate surface area is 130 Å². The van der Waals surface area contributed by atoms with Crippen LogP contribution in [-0.2, 0) is 11.3 Å². The van der Waals surface area contributed by atoms with Crippen LogP contribution in [0.4, 0.5) is 5.69 Å². The minimum atomic E-state index is -0.797.